The first-order chi connectivity index (χ1) is 28.5. The minimum atomic E-state index is -0.773. The number of hydrogen-bond donors (Lipinski definition) is 0. The van der Waals surface area contributed by atoms with Gasteiger partial charge in [0.25, 0.3) is 0 Å². The summed E-state index contributed by atoms with van der Waals surface area (Å²) in [5, 5.41) is 0. The van der Waals surface area contributed by atoms with Crippen molar-refractivity contribution in [3.8, 4) is 0 Å². The number of ether oxygens (including phenoxy) is 3. The Morgan fingerprint density at radius 2 is 0.569 bits per heavy atom. The van der Waals surface area contributed by atoms with E-state index in [9.17, 15) is 14.4 Å². The Morgan fingerprint density at radius 1 is 0.328 bits per heavy atom. The number of carbonyl (C=O) groups excluding carboxylic acids is 3. The van der Waals surface area contributed by atoms with Crippen molar-refractivity contribution in [3.63, 3.8) is 0 Å². The molecule has 0 rings (SSSR count). The van der Waals surface area contributed by atoms with Crippen LogP contribution in [-0.2, 0) is 28.6 Å². The average Bonchev–Trinajstić information content (AvgIpc) is 3.22. The molecule has 6 nitrogen and oxygen atoms in total. The third-order valence-electron chi connectivity index (χ3n) is 11.2. The van der Waals surface area contributed by atoms with Crippen LogP contribution in [0.2, 0.25) is 0 Å². The molecule has 0 saturated carbocycles. The van der Waals surface area contributed by atoms with Crippen molar-refractivity contribution in [2.24, 2.45) is 0 Å². The summed E-state index contributed by atoms with van der Waals surface area (Å²) in [6, 6.07) is 0. The lowest BCUT2D eigenvalue weighted by Crippen LogP contribution is -2.30. The van der Waals surface area contributed by atoms with Gasteiger partial charge in [-0.25, -0.2) is 0 Å². The van der Waals surface area contributed by atoms with Crippen LogP contribution in [0.5, 0.6) is 0 Å². The fraction of sp³-hybridized carbons (Fsp3) is 0.865. The number of hydrogen-bond acceptors (Lipinski definition) is 6. The molecule has 0 N–H and O–H groups in total. The molecule has 0 saturated heterocycles. The van der Waals surface area contributed by atoms with Crippen molar-refractivity contribution in [1.29, 1.82) is 0 Å². The highest BCUT2D eigenvalue weighted by molar-refractivity contribution is 5.71. The third-order valence-corrected chi connectivity index (χ3v) is 11.2. The van der Waals surface area contributed by atoms with E-state index in [1.54, 1.807) is 0 Å². The van der Waals surface area contributed by atoms with Crippen LogP contribution in [0.25, 0.3) is 0 Å². The molecule has 0 amide bonds. The highest BCUT2D eigenvalue weighted by Crippen LogP contribution is 2.15. The van der Waals surface area contributed by atoms with Crippen LogP contribution in [0.3, 0.4) is 0 Å². The number of allylic oxidation sites excluding steroid dienone is 4. The second kappa shape index (κ2) is 47.6. The van der Waals surface area contributed by atoms with Gasteiger partial charge in [0.2, 0.25) is 0 Å². The summed E-state index contributed by atoms with van der Waals surface area (Å²) in [6.07, 6.45) is 53.0. The van der Waals surface area contributed by atoms with Crippen LogP contribution >= 0.6 is 0 Å². The Morgan fingerprint density at radius 3 is 0.862 bits per heavy atom. The molecule has 0 unspecified atom stereocenters. The van der Waals surface area contributed by atoms with E-state index in [1.165, 1.54) is 161 Å². The molecule has 0 aromatic rings. The molecule has 0 radical (unpaired) electrons. The van der Waals surface area contributed by atoms with Gasteiger partial charge in [-0.1, -0.05) is 206 Å². The van der Waals surface area contributed by atoms with E-state index in [4.69, 9.17) is 14.2 Å². The quantitative estimate of drug-likeness (QED) is 0.0263. The fourth-order valence-electron chi connectivity index (χ4n) is 7.31. The van der Waals surface area contributed by atoms with Gasteiger partial charge in [0, 0.05) is 19.3 Å². The average molecular weight is 817 g/mol. The van der Waals surface area contributed by atoms with Crippen LogP contribution in [-0.4, -0.2) is 37.2 Å². The van der Waals surface area contributed by atoms with E-state index in [1.807, 2.05) is 0 Å². The largest absolute Gasteiger partial charge is 0.462 e. The molecule has 0 fully saturated rings. The van der Waals surface area contributed by atoms with Crippen molar-refractivity contribution in [2.45, 2.75) is 277 Å². The van der Waals surface area contributed by atoms with Crippen LogP contribution in [0.4, 0.5) is 0 Å². The Balaban J connectivity index is 4.33. The molecule has 0 aliphatic carbocycles. The number of unbranched alkanes of at least 4 members (excludes halogenated alkanes) is 31. The molecule has 0 aromatic carbocycles. The third kappa shape index (κ3) is 45.0. The molecular weight excluding hydrogens is 721 g/mol. The highest BCUT2D eigenvalue weighted by atomic mass is 16.6. The predicted molar refractivity (Wildman–Crippen MR) is 247 cm³/mol. The molecule has 0 heterocycles. The van der Waals surface area contributed by atoms with Gasteiger partial charge < -0.3 is 14.2 Å². The van der Waals surface area contributed by atoms with Crippen molar-refractivity contribution >= 4 is 17.9 Å². The summed E-state index contributed by atoms with van der Waals surface area (Å²) in [6.45, 7) is 6.61. The molecular formula is C52H96O6. The molecule has 0 aromatic heterocycles. The summed E-state index contributed by atoms with van der Waals surface area (Å²) >= 11 is 0. The van der Waals surface area contributed by atoms with E-state index < -0.39 is 6.10 Å². The Hall–Kier alpha value is -2.11. The van der Waals surface area contributed by atoms with Gasteiger partial charge in [-0.05, 0) is 70.6 Å². The van der Waals surface area contributed by atoms with Gasteiger partial charge >= 0.3 is 17.9 Å². The molecule has 6 heteroatoms. The normalized spacial score (nSPS) is 12.1. The van der Waals surface area contributed by atoms with Crippen molar-refractivity contribution in [3.05, 3.63) is 24.3 Å². The van der Waals surface area contributed by atoms with Gasteiger partial charge in [-0.15, -0.1) is 0 Å². The summed E-state index contributed by atoms with van der Waals surface area (Å²) < 4.78 is 16.7. The highest BCUT2D eigenvalue weighted by Gasteiger charge is 2.19. The molecule has 0 spiro atoms. The summed E-state index contributed by atoms with van der Waals surface area (Å²) in [4.78, 5) is 37.8. The lowest BCUT2D eigenvalue weighted by atomic mass is 10.1. The summed E-state index contributed by atoms with van der Waals surface area (Å²) in [5.41, 5.74) is 0. The first-order valence-corrected chi connectivity index (χ1v) is 25.3. The van der Waals surface area contributed by atoms with E-state index in [0.717, 1.165) is 70.6 Å². The number of carbonyl (C=O) groups is 3. The van der Waals surface area contributed by atoms with Gasteiger partial charge in [0.05, 0.1) is 0 Å². The molecule has 1 atom stereocenters. The van der Waals surface area contributed by atoms with Crippen LogP contribution in [0.1, 0.15) is 271 Å². The zero-order chi connectivity index (χ0) is 42.3. The molecule has 0 aliphatic rings. The van der Waals surface area contributed by atoms with Gasteiger partial charge in [0.15, 0.2) is 6.10 Å². The first kappa shape index (κ1) is 55.9. The number of rotatable bonds is 46. The fourth-order valence-corrected chi connectivity index (χ4v) is 7.31. The first-order valence-electron chi connectivity index (χ1n) is 25.3. The zero-order valence-electron chi connectivity index (χ0n) is 38.8. The summed E-state index contributed by atoms with van der Waals surface area (Å²) in [5.74, 6) is -0.884. The molecule has 0 bridgehead atoms. The standard InChI is InChI=1S/C52H96O6/c1-4-7-10-13-16-19-21-23-25-27-28-30-33-36-39-42-45-51(54)57-48-49(47-56-50(53)44-41-38-35-32-18-15-12-9-6-3)58-52(55)46-43-40-37-34-31-29-26-24-22-20-17-14-11-8-5-2/h24-27,49H,4-23,28-48H2,1-3H3/b26-24-,27-25-/t49-/m1/s1. The summed E-state index contributed by atoms with van der Waals surface area (Å²) in [7, 11) is 0. The Kier molecular flexibility index (Phi) is 45.8. The van der Waals surface area contributed by atoms with Crippen LogP contribution < -0.4 is 0 Å². The van der Waals surface area contributed by atoms with E-state index in [2.05, 4.69) is 45.1 Å². The monoisotopic (exact) mass is 817 g/mol. The maximum Gasteiger partial charge on any atom is 0.306 e. The maximum atomic E-state index is 12.8. The van der Waals surface area contributed by atoms with E-state index >= 15 is 0 Å². The second-order valence-corrected chi connectivity index (χ2v) is 17.1. The van der Waals surface area contributed by atoms with Crippen molar-refractivity contribution in [1.82, 2.24) is 0 Å². The number of esters is 3. The van der Waals surface area contributed by atoms with Crippen LogP contribution in [0.15, 0.2) is 24.3 Å². The van der Waals surface area contributed by atoms with Crippen molar-refractivity contribution in [2.75, 3.05) is 13.2 Å². The maximum absolute atomic E-state index is 12.8. The Bertz CT molecular complexity index is 942. The minimum Gasteiger partial charge on any atom is -0.462 e. The topological polar surface area (TPSA) is 78.9 Å². The zero-order valence-corrected chi connectivity index (χ0v) is 38.8. The van der Waals surface area contributed by atoms with Gasteiger partial charge in [0.1, 0.15) is 13.2 Å². The van der Waals surface area contributed by atoms with E-state index in [0.29, 0.717) is 19.3 Å². The lowest BCUT2D eigenvalue weighted by molar-refractivity contribution is -0.167. The van der Waals surface area contributed by atoms with Gasteiger partial charge in [-0.2, -0.15) is 0 Å². The second-order valence-electron chi connectivity index (χ2n) is 17.1. The molecule has 0 aliphatic heterocycles. The molecule has 58 heavy (non-hydrogen) atoms. The van der Waals surface area contributed by atoms with Crippen molar-refractivity contribution < 1.29 is 28.6 Å². The molecule has 340 valence electrons. The Labute approximate surface area is 360 Å². The van der Waals surface area contributed by atoms with Gasteiger partial charge in [-0.3, -0.25) is 14.4 Å². The predicted octanol–water partition coefficient (Wildman–Crippen LogP) is 16.4. The van der Waals surface area contributed by atoms with Crippen LogP contribution in [0, 0.1) is 0 Å². The smallest absolute Gasteiger partial charge is 0.306 e. The van der Waals surface area contributed by atoms with E-state index in [-0.39, 0.29) is 31.1 Å². The lowest BCUT2D eigenvalue weighted by Gasteiger charge is -2.18. The minimum absolute atomic E-state index is 0.0743. The SMILES string of the molecule is CCCCCCCC/C=C\CCCCCCCC(=O)O[C@@H](COC(=O)CCCCCCC/C=C\CCCCCCCCC)COC(=O)CCCCCCCCCCC.